The zero-order valence-electron chi connectivity index (χ0n) is 9.94. The SMILES string of the molecule is CC1OC(C)OC(C)OC(C)O1.[H-].[K+]. The van der Waals surface area contributed by atoms with Crippen molar-refractivity contribution in [2.75, 3.05) is 0 Å². The molecule has 1 aliphatic heterocycles. The van der Waals surface area contributed by atoms with Gasteiger partial charge in [-0.3, -0.25) is 0 Å². The van der Waals surface area contributed by atoms with Crippen molar-refractivity contribution in [1.29, 1.82) is 0 Å². The maximum Gasteiger partial charge on any atom is 1.00 e. The summed E-state index contributed by atoms with van der Waals surface area (Å²) in [6.45, 7) is 7.26. The summed E-state index contributed by atoms with van der Waals surface area (Å²) in [5, 5.41) is 0. The fourth-order valence-corrected chi connectivity index (χ4v) is 1.21. The van der Waals surface area contributed by atoms with Crippen molar-refractivity contribution in [2.45, 2.75) is 52.9 Å². The summed E-state index contributed by atoms with van der Waals surface area (Å²) < 4.78 is 21.2. The first-order valence-corrected chi connectivity index (χ1v) is 4.20. The average Bonchev–Trinajstić information content (AvgIpc) is 1.81. The summed E-state index contributed by atoms with van der Waals surface area (Å²) in [4.78, 5) is 0. The minimum atomic E-state index is -0.289. The molecule has 74 valence electrons. The molecule has 0 N–H and O–H groups in total. The van der Waals surface area contributed by atoms with Gasteiger partial charge in [-0.05, 0) is 27.7 Å². The number of rotatable bonds is 0. The predicted molar refractivity (Wildman–Crippen MR) is 43.3 cm³/mol. The standard InChI is InChI=1S/C8H16O4.K.H/c1-5-9-6(2)11-8(4)12-7(3)10-5;;/h5-8H,1-4H3;;/q;+1;-1. The van der Waals surface area contributed by atoms with Crippen molar-refractivity contribution in [3.8, 4) is 0 Å². The average molecular weight is 216 g/mol. The van der Waals surface area contributed by atoms with E-state index in [0.29, 0.717) is 0 Å². The summed E-state index contributed by atoms with van der Waals surface area (Å²) >= 11 is 0. The quantitative estimate of drug-likeness (QED) is 0.465. The Hall–Kier alpha value is 1.48. The summed E-state index contributed by atoms with van der Waals surface area (Å²) in [7, 11) is 0. The fraction of sp³-hybridized carbons (Fsp3) is 1.00. The molecule has 4 nitrogen and oxygen atoms in total. The van der Waals surface area contributed by atoms with Gasteiger partial charge >= 0.3 is 51.4 Å². The second-order valence-electron chi connectivity index (χ2n) is 2.81. The van der Waals surface area contributed by atoms with Crippen LogP contribution in [-0.2, 0) is 18.9 Å². The second-order valence-corrected chi connectivity index (χ2v) is 2.81. The van der Waals surface area contributed by atoms with Gasteiger partial charge in [-0.2, -0.15) is 0 Å². The molecule has 0 aliphatic carbocycles. The van der Waals surface area contributed by atoms with Gasteiger partial charge in [-0.15, -0.1) is 0 Å². The van der Waals surface area contributed by atoms with Crippen LogP contribution < -0.4 is 51.4 Å². The molecule has 0 aromatic carbocycles. The Kier molecular flexibility index (Phi) is 7.65. The van der Waals surface area contributed by atoms with Crippen molar-refractivity contribution in [2.24, 2.45) is 0 Å². The Bertz CT molecular complexity index is 109. The molecule has 0 amide bonds. The van der Waals surface area contributed by atoms with E-state index in [-0.39, 0.29) is 78.0 Å². The number of hydrogen-bond donors (Lipinski definition) is 0. The fourth-order valence-electron chi connectivity index (χ4n) is 1.21. The van der Waals surface area contributed by atoms with E-state index < -0.39 is 0 Å². The Morgan fingerprint density at radius 1 is 0.615 bits per heavy atom. The van der Waals surface area contributed by atoms with E-state index in [9.17, 15) is 0 Å². The Morgan fingerprint density at radius 3 is 0.923 bits per heavy atom. The van der Waals surface area contributed by atoms with E-state index in [1.807, 2.05) is 27.7 Å². The summed E-state index contributed by atoms with van der Waals surface area (Å²) in [5.74, 6) is 0. The Balaban J connectivity index is 0. The molecule has 1 heterocycles. The minimum Gasteiger partial charge on any atom is -1.00 e. The van der Waals surface area contributed by atoms with Gasteiger partial charge in [-0.25, -0.2) is 0 Å². The first kappa shape index (κ1) is 14.5. The van der Waals surface area contributed by atoms with Crippen LogP contribution in [0.15, 0.2) is 0 Å². The molecule has 0 aromatic rings. The van der Waals surface area contributed by atoms with Gasteiger partial charge in [0.15, 0.2) is 25.2 Å². The second kappa shape index (κ2) is 6.87. The van der Waals surface area contributed by atoms with E-state index >= 15 is 0 Å². The largest absolute Gasteiger partial charge is 1.00 e. The minimum absolute atomic E-state index is 0. The Morgan fingerprint density at radius 2 is 0.769 bits per heavy atom. The van der Waals surface area contributed by atoms with Crippen LogP contribution in [0.1, 0.15) is 29.1 Å². The Labute approximate surface area is 123 Å². The third-order valence-corrected chi connectivity index (χ3v) is 1.53. The molecule has 0 spiro atoms. The third-order valence-electron chi connectivity index (χ3n) is 1.53. The van der Waals surface area contributed by atoms with Crippen molar-refractivity contribution < 1.29 is 71.8 Å². The molecule has 1 aliphatic rings. The summed E-state index contributed by atoms with van der Waals surface area (Å²) in [6.07, 6.45) is -1.16. The van der Waals surface area contributed by atoms with Gasteiger partial charge in [0.05, 0.1) is 0 Å². The van der Waals surface area contributed by atoms with E-state index in [0.717, 1.165) is 0 Å². The van der Waals surface area contributed by atoms with Crippen LogP contribution in [0.4, 0.5) is 0 Å². The van der Waals surface area contributed by atoms with Crippen molar-refractivity contribution >= 4 is 0 Å². The van der Waals surface area contributed by atoms with E-state index in [2.05, 4.69) is 0 Å². The smallest absolute Gasteiger partial charge is 1.00 e. The molecule has 1 rings (SSSR count). The van der Waals surface area contributed by atoms with Crippen molar-refractivity contribution in [3.05, 3.63) is 0 Å². The van der Waals surface area contributed by atoms with Gasteiger partial charge in [0.25, 0.3) is 0 Å². The number of hydrogen-bond acceptors (Lipinski definition) is 4. The molecule has 1 saturated heterocycles. The van der Waals surface area contributed by atoms with Crippen molar-refractivity contribution in [1.82, 2.24) is 0 Å². The molecule has 0 radical (unpaired) electrons. The van der Waals surface area contributed by atoms with Gasteiger partial charge in [0.2, 0.25) is 0 Å². The first-order chi connectivity index (χ1) is 5.58. The summed E-state index contributed by atoms with van der Waals surface area (Å²) in [5.41, 5.74) is 0. The van der Waals surface area contributed by atoms with Gasteiger partial charge in [-0.1, -0.05) is 0 Å². The molecular weight excluding hydrogens is 199 g/mol. The molecule has 1 fully saturated rings. The molecule has 0 bridgehead atoms. The topological polar surface area (TPSA) is 36.9 Å². The van der Waals surface area contributed by atoms with Gasteiger partial charge < -0.3 is 20.4 Å². The first-order valence-electron chi connectivity index (χ1n) is 4.20. The van der Waals surface area contributed by atoms with Crippen LogP contribution in [0.5, 0.6) is 0 Å². The molecular formula is C8H17KO4. The van der Waals surface area contributed by atoms with Crippen LogP contribution in [0.25, 0.3) is 0 Å². The molecule has 13 heavy (non-hydrogen) atoms. The normalized spacial score (nSPS) is 41.5. The summed E-state index contributed by atoms with van der Waals surface area (Å²) in [6, 6.07) is 0. The number of ether oxygens (including phenoxy) is 4. The van der Waals surface area contributed by atoms with Crippen molar-refractivity contribution in [3.63, 3.8) is 0 Å². The van der Waals surface area contributed by atoms with Gasteiger partial charge in [0, 0.05) is 0 Å². The zero-order valence-corrected chi connectivity index (χ0v) is 12.1. The molecule has 0 aromatic heterocycles. The maximum absolute atomic E-state index is 5.31. The molecule has 5 heteroatoms. The zero-order chi connectivity index (χ0) is 9.14. The molecule has 0 saturated carbocycles. The van der Waals surface area contributed by atoms with Crippen LogP contribution >= 0.6 is 0 Å². The van der Waals surface area contributed by atoms with Crippen LogP contribution in [0, 0.1) is 0 Å². The maximum atomic E-state index is 5.31. The van der Waals surface area contributed by atoms with Gasteiger partial charge in [0.1, 0.15) is 0 Å². The predicted octanol–water partition coefficient (Wildman–Crippen LogP) is -1.43. The van der Waals surface area contributed by atoms with Crippen LogP contribution in [0.2, 0.25) is 0 Å². The monoisotopic (exact) mass is 216 g/mol. The third kappa shape index (κ3) is 5.81. The molecule has 0 unspecified atom stereocenters. The van der Waals surface area contributed by atoms with Crippen LogP contribution in [0.3, 0.4) is 0 Å². The van der Waals surface area contributed by atoms with E-state index in [1.54, 1.807) is 0 Å². The van der Waals surface area contributed by atoms with E-state index in [4.69, 9.17) is 18.9 Å². The molecule has 0 atom stereocenters. The van der Waals surface area contributed by atoms with Crippen LogP contribution in [-0.4, -0.2) is 25.2 Å². The van der Waals surface area contributed by atoms with E-state index in [1.165, 1.54) is 0 Å².